The van der Waals surface area contributed by atoms with Gasteiger partial charge in [0.25, 0.3) is 0 Å². The van der Waals surface area contributed by atoms with Crippen LogP contribution in [-0.4, -0.2) is 44.5 Å². The van der Waals surface area contributed by atoms with E-state index >= 15 is 0 Å². The highest BCUT2D eigenvalue weighted by atomic mass is 19.1. The van der Waals surface area contributed by atoms with Gasteiger partial charge in [-0.2, -0.15) is 0 Å². The highest BCUT2D eigenvalue weighted by molar-refractivity contribution is 5.58. The van der Waals surface area contributed by atoms with E-state index in [1.165, 1.54) is 12.1 Å². The van der Waals surface area contributed by atoms with Gasteiger partial charge in [-0.15, -0.1) is 0 Å². The Labute approximate surface area is 190 Å². The van der Waals surface area contributed by atoms with E-state index in [1.807, 2.05) is 46.5 Å². The van der Waals surface area contributed by atoms with Gasteiger partial charge in [-0.25, -0.2) is 9.37 Å². The van der Waals surface area contributed by atoms with Gasteiger partial charge in [0.1, 0.15) is 11.6 Å². The summed E-state index contributed by atoms with van der Waals surface area (Å²) in [6.07, 6.45) is 5.66. The van der Waals surface area contributed by atoms with Crippen LogP contribution in [0.15, 0.2) is 60.0 Å². The molecule has 0 spiro atoms. The largest absolute Gasteiger partial charge is 0.495 e. The van der Waals surface area contributed by atoms with Crippen LogP contribution in [0.4, 0.5) is 4.39 Å². The highest BCUT2D eigenvalue weighted by Crippen LogP contribution is 2.24. The Bertz CT molecular complexity index is 1430. The number of aryl methyl sites for hydroxylation is 1. The number of hydrogen-bond acceptors (Lipinski definition) is 4. The Morgan fingerprint density at radius 3 is 2.70 bits per heavy atom. The van der Waals surface area contributed by atoms with Crippen LogP contribution < -0.4 is 21.1 Å². The summed E-state index contributed by atoms with van der Waals surface area (Å²) in [5.41, 5.74) is 4.23. The van der Waals surface area contributed by atoms with Crippen molar-refractivity contribution in [3.05, 3.63) is 93.9 Å². The fraction of sp³-hybridized carbons (Fsp3) is 0.200. The smallest absolute Gasteiger partial charge is 0.203 e. The number of nitrogens with one attached hydrogen (secondary N) is 1. The molecule has 0 aliphatic heterocycles. The third kappa shape index (κ3) is 4.96. The van der Waals surface area contributed by atoms with Gasteiger partial charge in [-0.05, 0) is 48.4 Å². The lowest BCUT2D eigenvalue weighted by Gasteiger charge is -2.09. The molecule has 2 aromatic heterocycles. The SMILES string of the molecule is C=c1/c(=C/c2ccc(-n3cnc(C)c3)c(OC)c2)[nH]/c(=N\CCO)n1Cc1ccc(F)cc1. The van der Waals surface area contributed by atoms with E-state index in [0.717, 1.165) is 33.2 Å². The van der Waals surface area contributed by atoms with E-state index < -0.39 is 0 Å². The van der Waals surface area contributed by atoms with Crippen LogP contribution in [0.25, 0.3) is 18.3 Å². The fourth-order valence-corrected chi connectivity index (χ4v) is 3.59. The van der Waals surface area contributed by atoms with E-state index in [4.69, 9.17) is 4.74 Å². The monoisotopic (exact) mass is 447 g/mol. The van der Waals surface area contributed by atoms with Gasteiger partial charge in [0.2, 0.25) is 5.62 Å². The van der Waals surface area contributed by atoms with E-state index in [1.54, 1.807) is 25.6 Å². The fourth-order valence-electron chi connectivity index (χ4n) is 3.59. The van der Waals surface area contributed by atoms with E-state index in [9.17, 15) is 9.50 Å². The van der Waals surface area contributed by atoms with Gasteiger partial charge in [0.05, 0.1) is 55.2 Å². The molecule has 4 aromatic rings. The number of hydrogen-bond donors (Lipinski definition) is 2. The minimum Gasteiger partial charge on any atom is -0.495 e. The maximum absolute atomic E-state index is 13.3. The summed E-state index contributed by atoms with van der Waals surface area (Å²) in [6, 6.07) is 12.2. The number of aliphatic hydroxyl groups is 1. The van der Waals surface area contributed by atoms with Crippen LogP contribution in [0.2, 0.25) is 0 Å². The zero-order valence-electron chi connectivity index (χ0n) is 18.6. The molecule has 0 aliphatic rings. The number of ether oxygens (including phenoxy) is 1. The normalized spacial score (nSPS) is 12.5. The standard InChI is InChI=1S/C25H26FN5O2/c1-17-14-30(16-28-17)23-9-6-20(13-24(23)33-3)12-22-18(2)31(25(29-22)27-10-11-32)15-19-4-7-21(26)8-5-19/h4-9,12-14,16,32H,2,10-11,15H2,1,3H3,(H,27,29)/b22-12-. The molecule has 0 unspecified atom stereocenters. The summed E-state index contributed by atoms with van der Waals surface area (Å²) in [6.45, 7) is 6.83. The predicted molar refractivity (Wildman–Crippen MR) is 125 cm³/mol. The highest BCUT2D eigenvalue weighted by Gasteiger charge is 2.08. The van der Waals surface area contributed by atoms with E-state index in [0.29, 0.717) is 17.9 Å². The number of halogens is 1. The Kier molecular flexibility index (Phi) is 6.55. The van der Waals surface area contributed by atoms with Crippen molar-refractivity contribution in [1.82, 2.24) is 19.1 Å². The first-order valence-electron chi connectivity index (χ1n) is 10.5. The molecule has 0 radical (unpaired) electrons. The maximum atomic E-state index is 13.3. The van der Waals surface area contributed by atoms with Crippen LogP contribution in [0, 0.1) is 12.7 Å². The predicted octanol–water partition coefficient (Wildman–Crippen LogP) is 1.64. The second-order valence-electron chi connectivity index (χ2n) is 7.62. The average Bonchev–Trinajstić information content (AvgIpc) is 3.37. The lowest BCUT2D eigenvalue weighted by Crippen LogP contribution is -2.32. The van der Waals surface area contributed by atoms with Crippen molar-refractivity contribution >= 4 is 12.7 Å². The van der Waals surface area contributed by atoms with Gasteiger partial charge < -0.3 is 24.0 Å². The molecular formula is C25H26FN5O2. The van der Waals surface area contributed by atoms with Crippen molar-refractivity contribution < 1.29 is 14.2 Å². The van der Waals surface area contributed by atoms with Crippen LogP contribution in [0.5, 0.6) is 5.75 Å². The molecule has 2 heterocycles. The molecule has 33 heavy (non-hydrogen) atoms. The number of H-pyrrole nitrogens is 1. The maximum Gasteiger partial charge on any atom is 0.203 e. The number of rotatable bonds is 7. The van der Waals surface area contributed by atoms with Crippen molar-refractivity contribution in [3.63, 3.8) is 0 Å². The first-order valence-corrected chi connectivity index (χ1v) is 10.5. The zero-order chi connectivity index (χ0) is 23.4. The first kappa shape index (κ1) is 22.3. The summed E-state index contributed by atoms with van der Waals surface area (Å²) in [5.74, 6) is 0.429. The van der Waals surface area contributed by atoms with E-state index in [-0.39, 0.29) is 19.0 Å². The molecule has 0 saturated carbocycles. The number of aromatic amines is 1. The lowest BCUT2D eigenvalue weighted by molar-refractivity contribution is 0.305. The minimum atomic E-state index is -0.282. The second kappa shape index (κ2) is 9.70. The molecule has 0 aliphatic carbocycles. The molecule has 2 aromatic carbocycles. The van der Waals surface area contributed by atoms with Gasteiger partial charge >= 0.3 is 0 Å². The zero-order valence-corrected chi connectivity index (χ0v) is 18.6. The van der Waals surface area contributed by atoms with Gasteiger partial charge in [-0.3, -0.25) is 4.99 Å². The molecule has 0 atom stereocenters. The Balaban J connectivity index is 1.77. The average molecular weight is 448 g/mol. The number of aromatic nitrogens is 4. The minimum absolute atomic E-state index is 0.0620. The van der Waals surface area contributed by atoms with Crippen molar-refractivity contribution in [1.29, 1.82) is 0 Å². The van der Waals surface area contributed by atoms with Crippen molar-refractivity contribution in [3.8, 4) is 11.4 Å². The van der Waals surface area contributed by atoms with Crippen LogP contribution >= 0.6 is 0 Å². The Hall–Kier alpha value is -3.91. The lowest BCUT2D eigenvalue weighted by atomic mass is 10.1. The molecule has 2 N–H and O–H groups in total. The summed E-state index contributed by atoms with van der Waals surface area (Å²) in [7, 11) is 1.64. The number of nitrogens with zero attached hydrogens (tertiary/aromatic N) is 4. The summed E-state index contributed by atoms with van der Waals surface area (Å²) in [5, 5.41) is 10.7. The summed E-state index contributed by atoms with van der Waals surface area (Å²) >= 11 is 0. The Morgan fingerprint density at radius 2 is 2.03 bits per heavy atom. The topological polar surface area (TPSA) is 80.4 Å². The first-order chi connectivity index (χ1) is 16.0. The third-order valence-electron chi connectivity index (χ3n) is 5.26. The van der Waals surface area contributed by atoms with Gasteiger partial charge in [0.15, 0.2) is 0 Å². The molecule has 0 fully saturated rings. The number of imidazole rings is 2. The second-order valence-corrected chi connectivity index (χ2v) is 7.62. The van der Waals surface area contributed by atoms with Crippen molar-refractivity contribution in [2.75, 3.05) is 20.3 Å². The molecule has 4 rings (SSSR count). The van der Waals surface area contributed by atoms with Crippen LogP contribution in [0.3, 0.4) is 0 Å². The van der Waals surface area contributed by atoms with Crippen LogP contribution in [-0.2, 0) is 6.54 Å². The summed E-state index contributed by atoms with van der Waals surface area (Å²) in [4.78, 5) is 12.0. The van der Waals surface area contributed by atoms with Crippen molar-refractivity contribution in [2.24, 2.45) is 4.99 Å². The van der Waals surface area contributed by atoms with Gasteiger partial charge in [0, 0.05) is 6.20 Å². The molecule has 0 saturated heterocycles. The molecule has 8 heteroatoms. The quantitative estimate of drug-likeness (QED) is 0.452. The summed E-state index contributed by atoms with van der Waals surface area (Å²) < 4.78 is 22.7. The van der Waals surface area contributed by atoms with Gasteiger partial charge in [-0.1, -0.05) is 24.8 Å². The third-order valence-corrected chi connectivity index (χ3v) is 5.26. The molecule has 0 amide bonds. The molecule has 170 valence electrons. The van der Waals surface area contributed by atoms with E-state index in [2.05, 4.69) is 21.5 Å². The molecule has 0 bridgehead atoms. The number of benzene rings is 2. The van der Waals surface area contributed by atoms with Crippen molar-refractivity contribution in [2.45, 2.75) is 13.5 Å². The van der Waals surface area contributed by atoms with Crippen LogP contribution in [0.1, 0.15) is 16.8 Å². The molecule has 7 nitrogen and oxygen atoms in total. The Morgan fingerprint density at radius 1 is 1.24 bits per heavy atom. The number of methoxy groups -OCH3 is 1. The molecular weight excluding hydrogens is 421 g/mol. The number of aliphatic hydroxyl groups excluding tert-OH is 1.